The van der Waals surface area contributed by atoms with Gasteiger partial charge in [0.25, 0.3) is 0 Å². The smallest absolute Gasteiger partial charge is 0.242 e. The first-order valence-corrected chi connectivity index (χ1v) is 7.59. The number of aromatic amines is 1. The van der Waals surface area contributed by atoms with Crippen molar-refractivity contribution in [2.24, 2.45) is 5.73 Å². The third-order valence-electron chi connectivity index (χ3n) is 2.35. The Labute approximate surface area is 109 Å². The van der Waals surface area contributed by atoms with Crippen molar-refractivity contribution in [2.45, 2.75) is 24.9 Å². The molecule has 98 valence electrons. The molecule has 0 amide bonds. The number of hydrogen-bond acceptors (Lipinski definition) is 5. The summed E-state index contributed by atoms with van der Waals surface area (Å²) in [4.78, 5) is 7.96. The summed E-state index contributed by atoms with van der Waals surface area (Å²) < 4.78 is 26.4. The molecule has 0 atom stereocenters. The maximum Gasteiger partial charge on any atom is 0.242 e. The van der Waals surface area contributed by atoms with Gasteiger partial charge in [0, 0.05) is 36.1 Å². The number of thiazole rings is 1. The zero-order valence-corrected chi connectivity index (χ0v) is 11.4. The summed E-state index contributed by atoms with van der Waals surface area (Å²) >= 11 is 1.47. The lowest BCUT2D eigenvalue weighted by Gasteiger charge is -2.02. The van der Waals surface area contributed by atoms with E-state index in [-0.39, 0.29) is 18.0 Å². The second-order valence-electron chi connectivity index (χ2n) is 3.73. The predicted molar refractivity (Wildman–Crippen MR) is 69.6 cm³/mol. The summed E-state index contributed by atoms with van der Waals surface area (Å²) in [7, 11) is -3.50. The summed E-state index contributed by atoms with van der Waals surface area (Å²) in [6.07, 6.45) is 3.10. The fourth-order valence-corrected chi connectivity index (χ4v) is 3.28. The molecule has 0 radical (unpaired) electrons. The van der Waals surface area contributed by atoms with Gasteiger partial charge in [-0.3, -0.25) is 0 Å². The lowest BCUT2D eigenvalue weighted by Crippen LogP contribution is -2.22. The average molecular weight is 286 g/mol. The van der Waals surface area contributed by atoms with Crippen molar-refractivity contribution < 1.29 is 8.42 Å². The molecule has 0 aliphatic carbocycles. The highest BCUT2D eigenvalue weighted by atomic mass is 32.2. The van der Waals surface area contributed by atoms with Gasteiger partial charge in [-0.2, -0.15) is 0 Å². The number of nitrogens with one attached hydrogen (secondary N) is 2. The Morgan fingerprint density at radius 2 is 2.33 bits per heavy atom. The average Bonchev–Trinajstić information content (AvgIpc) is 2.95. The lowest BCUT2D eigenvalue weighted by atomic mass is 10.4. The molecule has 0 bridgehead atoms. The van der Waals surface area contributed by atoms with Gasteiger partial charge in [-0.25, -0.2) is 18.1 Å². The number of H-pyrrole nitrogens is 1. The van der Waals surface area contributed by atoms with Gasteiger partial charge in [-0.15, -0.1) is 11.3 Å². The van der Waals surface area contributed by atoms with Crippen molar-refractivity contribution in [3.05, 3.63) is 34.0 Å². The van der Waals surface area contributed by atoms with E-state index in [2.05, 4.69) is 14.7 Å². The zero-order valence-electron chi connectivity index (χ0n) is 9.80. The molecule has 0 saturated heterocycles. The van der Waals surface area contributed by atoms with Crippen LogP contribution >= 0.6 is 11.3 Å². The van der Waals surface area contributed by atoms with Crippen LogP contribution in [0.2, 0.25) is 0 Å². The van der Waals surface area contributed by atoms with E-state index in [1.54, 1.807) is 6.20 Å². The van der Waals surface area contributed by atoms with Crippen LogP contribution in [-0.2, 0) is 23.1 Å². The molecule has 0 unspecified atom stereocenters. The van der Waals surface area contributed by atoms with E-state index >= 15 is 0 Å². The number of rotatable bonds is 5. The van der Waals surface area contributed by atoms with Gasteiger partial charge in [0.05, 0.1) is 9.90 Å². The number of hydrogen-bond donors (Lipinski definition) is 3. The molecule has 18 heavy (non-hydrogen) atoms. The molecule has 2 heterocycles. The van der Waals surface area contributed by atoms with Gasteiger partial charge >= 0.3 is 0 Å². The maximum absolute atomic E-state index is 12.0. The number of nitrogens with two attached hydrogens (primary N) is 1. The van der Waals surface area contributed by atoms with Crippen molar-refractivity contribution in [3.8, 4) is 0 Å². The van der Waals surface area contributed by atoms with Crippen molar-refractivity contribution >= 4 is 21.4 Å². The van der Waals surface area contributed by atoms with Crippen LogP contribution in [0.3, 0.4) is 0 Å². The second kappa shape index (κ2) is 5.19. The third-order valence-corrected chi connectivity index (χ3v) is 4.65. The Balaban J connectivity index is 2.07. The Bertz CT molecular complexity index is 630. The van der Waals surface area contributed by atoms with Crippen LogP contribution in [0.15, 0.2) is 23.4 Å². The van der Waals surface area contributed by atoms with Gasteiger partial charge in [-0.1, -0.05) is 0 Å². The van der Waals surface area contributed by atoms with Crippen molar-refractivity contribution in [1.29, 1.82) is 0 Å². The number of aromatic nitrogens is 2. The molecule has 4 N–H and O–H groups in total. The Morgan fingerprint density at radius 1 is 1.56 bits per heavy atom. The SMILES string of the molecule is Cc1ncc(CNS(=O)(=O)c2c[nH]c(CN)c2)s1. The molecule has 0 spiro atoms. The van der Waals surface area contributed by atoms with E-state index in [1.165, 1.54) is 23.6 Å². The minimum atomic E-state index is -3.50. The van der Waals surface area contributed by atoms with E-state index in [1.807, 2.05) is 6.92 Å². The minimum Gasteiger partial charge on any atom is -0.363 e. The molecule has 0 aromatic carbocycles. The molecule has 0 aliphatic heterocycles. The first-order valence-electron chi connectivity index (χ1n) is 5.29. The highest BCUT2D eigenvalue weighted by Gasteiger charge is 2.15. The van der Waals surface area contributed by atoms with Crippen molar-refractivity contribution in [2.75, 3.05) is 0 Å². The normalized spacial score (nSPS) is 11.9. The first kappa shape index (κ1) is 13.2. The van der Waals surface area contributed by atoms with Gasteiger partial charge in [0.15, 0.2) is 0 Å². The molecular weight excluding hydrogens is 272 g/mol. The molecule has 0 fully saturated rings. The summed E-state index contributed by atoms with van der Waals surface area (Å²) in [5, 5.41) is 0.913. The first-order chi connectivity index (χ1) is 8.51. The van der Waals surface area contributed by atoms with Crippen LogP contribution in [0.5, 0.6) is 0 Å². The minimum absolute atomic E-state index is 0.198. The molecule has 0 saturated carbocycles. The lowest BCUT2D eigenvalue weighted by molar-refractivity contribution is 0.582. The van der Waals surface area contributed by atoms with Crippen LogP contribution in [0, 0.1) is 6.92 Å². The molecule has 2 aromatic rings. The van der Waals surface area contributed by atoms with Crippen LogP contribution in [0.1, 0.15) is 15.6 Å². The maximum atomic E-state index is 12.0. The van der Waals surface area contributed by atoms with E-state index in [4.69, 9.17) is 5.73 Å². The number of aryl methyl sites for hydroxylation is 1. The van der Waals surface area contributed by atoms with Gasteiger partial charge < -0.3 is 10.7 Å². The highest BCUT2D eigenvalue weighted by Crippen LogP contribution is 2.14. The highest BCUT2D eigenvalue weighted by molar-refractivity contribution is 7.89. The van der Waals surface area contributed by atoms with Crippen LogP contribution in [-0.4, -0.2) is 18.4 Å². The molecule has 8 heteroatoms. The van der Waals surface area contributed by atoms with Gasteiger partial charge in [-0.05, 0) is 13.0 Å². The van der Waals surface area contributed by atoms with E-state index < -0.39 is 10.0 Å². The van der Waals surface area contributed by atoms with Crippen LogP contribution in [0.25, 0.3) is 0 Å². The van der Waals surface area contributed by atoms with Crippen molar-refractivity contribution in [1.82, 2.24) is 14.7 Å². The van der Waals surface area contributed by atoms with Gasteiger partial charge in [0.1, 0.15) is 0 Å². The molecule has 2 rings (SSSR count). The Morgan fingerprint density at radius 3 is 2.89 bits per heavy atom. The summed E-state index contributed by atoms with van der Waals surface area (Å²) in [5.74, 6) is 0. The predicted octanol–water partition coefficient (Wildman–Crippen LogP) is 0.717. The quantitative estimate of drug-likeness (QED) is 0.753. The Hall–Kier alpha value is -1.22. The molecular formula is C10H14N4O2S2. The van der Waals surface area contributed by atoms with Gasteiger partial charge in [0.2, 0.25) is 10.0 Å². The topological polar surface area (TPSA) is 101 Å². The van der Waals surface area contributed by atoms with Crippen LogP contribution in [0.4, 0.5) is 0 Å². The van der Waals surface area contributed by atoms with E-state index in [0.29, 0.717) is 5.69 Å². The molecule has 0 aliphatic rings. The molecule has 6 nitrogen and oxygen atoms in total. The van der Waals surface area contributed by atoms with E-state index in [0.717, 1.165) is 9.88 Å². The third kappa shape index (κ3) is 2.96. The number of nitrogens with zero attached hydrogens (tertiary/aromatic N) is 1. The fraction of sp³-hybridized carbons (Fsp3) is 0.300. The Kier molecular flexibility index (Phi) is 3.81. The summed E-state index contributed by atoms with van der Waals surface area (Å²) in [6, 6.07) is 1.53. The standard InChI is InChI=1S/C10H14N4O2S2/c1-7-12-4-9(17-7)5-14-18(15,16)10-2-8(3-11)13-6-10/h2,4,6,13-14H,3,5,11H2,1H3. The second-order valence-corrected chi connectivity index (χ2v) is 6.82. The summed E-state index contributed by atoms with van der Waals surface area (Å²) in [6.45, 7) is 2.41. The monoisotopic (exact) mass is 286 g/mol. The van der Waals surface area contributed by atoms with Crippen LogP contribution < -0.4 is 10.5 Å². The van der Waals surface area contributed by atoms with Crippen molar-refractivity contribution in [3.63, 3.8) is 0 Å². The summed E-state index contributed by atoms with van der Waals surface area (Å²) in [5.41, 5.74) is 6.11. The number of sulfonamides is 1. The molecule has 2 aromatic heterocycles. The largest absolute Gasteiger partial charge is 0.363 e. The zero-order chi connectivity index (χ0) is 13.2. The fourth-order valence-electron chi connectivity index (χ4n) is 1.43. The van der Waals surface area contributed by atoms with E-state index in [9.17, 15) is 8.42 Å².